The second-order valence-electron chi connectivity index (χ2n) is 4.13. The van der Waals surface area contributed by atoms with Gasteiger partial charge < -0.3 is 14.9 Å². The van der Waals surface area contributed by atoms with Crippen LogP contribution in [0.4, 0.5) is 0 Å². The monoisotopic (exact) mass is 241 g/mol. The molecule has 2 N–H and O–H groups in total. The summed E-state index contributed by atoms with van der Waals surface area (Å²) < 4.78 is 6.46. The Kier molecular flexibility index (Phi) is 3.39. The number of carbonyl (C=O) groups is 1. The number of methoxy groups -OCH3 is 1. The van der Waals surface area contributed by atoms with E-state index in [1.54, 1.807) is 0 Å². The smallest absolute Gasteiger partial charge is 0.358 e. The van der Waals surface area contributed by atoms with E-state index in [0.717, 1.165) is 12.8 Å². The highest BCUT2D eigenvalue weighted by molar-refractivity contribution is 5.86. The number of aliphatic hydroxyl groups is 1. The molecular formula is C10H15N3O4. The third kappa shape index (κ3) is 2.16. The van der Waals surface area contributed by atoms with Gasteiger partial charge in [0.1, 0.15) is 0 Å². The fraction of sp³-hybridized carbons (Fsp3) is 0.700. The summed E-state index contributed by atoms with van der Waals surface area (Å²) in [6.07, 6.45) is 1.90. The van der Waals surface area contributed by atoms with Gasteiger partial charge in [-0.3, -0.25) is 0 Å². The molecule has 7 heteroatoms. The predicted octanol–water partition coefficient (Wildman–Crippen LogP) is 0.209. The van der Waals surface area contributed by atoms with Crippen molar-refractivity contribution >= 4 is 5.97 Å². The van der Waals surface area contributed by atoms with Crippen LogP contribution in [0, 0.1) is 0 Å². The van der Waals surface area contributed by atoms with Crippen LogP contribution in [0.1, 0.15) is 41.5 Å². The fourth-order valence-corrected chi connectivity index (χ4v) is 2.22. The first kappa shape index (κ1) is 12.0. The molecule has 1 aromatic rings. The van der Waals surface area contributed by atoms with Crippen molar-refractivity contribution in [3.8, 4) is 0 Å². The van der Waals surface area contributed by atoms with E-state index >= 15 is 0 Å². The lowest BCUT2D eigenvalue weighted by molar-refractivity contribution is 0.0683. The number of aromatic nitrogens is 3. The number of carboxylic acids is 1. The van der Waals surface area contributed by atoms with Crippen LogP contribution in [-0.2, 0) is 11.3 Å². The number of hydrogen-bond acceptors (Lipinski definition) is 5. The molecule has 1 aliphatic carbocycles. The Morgan fingerprint density at radius 2 is 2.35 bits per heavy atom. The van der Waals surface area contributed by atoms with Crippen LogP contribution in [0.5, 0.6) is 0 Å². The van der Waals surface area contributed by atoms with Gasteiger partial charge in [-0.2, -0.15) is 0 Å². The van der Waals surface area contributed by atoms with Gasteiger partial charge in [0.2, 0.25) is 0 Å². The Bertz CT molecular complexity index is 418. The van der Waals surface area contributed by atoms with Crippen LogP contribution in [0.25, 0.3) is 0 Å². The molecule has 1 saturated carbocycles. The van der Waals surface area contributed by atoms with Gasteiger partial charge in [0.15, 0.2) is 5.69 Å². The van der Waals surface area contributed by atoms with E-state index in [9.17, 15) is 9.90 Å². The molecule has 7 nitrogen and oxygen atoms in total. The molecule has 0 saturated heterocycles. The second-order valence-corrected chi connectivity index (χ2v) is 4.13. The van der Waals surface area contributed by atoms with E-state index in [1.165, 1.54) is 11.8 Å². The molecule has 2 atom stereocenters. The van der Waals surface area contributed by atoms with Gasteiger partial charge in [0, 0.05) is 7.11 Å². The van der Waals surface area contributed by atoms with Gasteiger partial charge in [0.25, 0.3) is 0 Å². The molecule has 0 aliphatic heterocycles. The Hall–Kier alpha value is -1.47. The molecule has 0 amide bonds. The van der Waals surface area contributed by atoms with Crippen molar-refractivity contribution in [2.45, 2.75) is 38.0 Å². The summed E-state index contributed by atoms with van der Waals surface area (Å²) >= 11 is 0. The van der Waals surface area contributed by atoms with Crippen molar-refractivity contribution in [1.29, 1.82) is 0 Å². The van der Waals surface area contributed by atoms with Gasteiger partial charge in [-0.15, -0.1) is 5.10 Å². The molecule has 1 aliphatic rings. The number of nitrogens with zero attached hydrogens (tertiary/aromatic N) is 3. The first-order chi connectivity index (χ1) is 8.15. The van der Waals surface area contributed by atoms with Crippen LogP contribution in [0.15, 0.2) is 0 Å². The number of ether oxygens (including phenoxy) is 1. The fourth-order valence-electron chi connectivity index (χ4n) is 2.22. The number of carboxylic acid groups (broad SMARTS) is 1. The molecule has 0 aromatic carbocycles. The topological polar surface area (TPSA) is 97.5 Å². The van der Waals surface area contributed by atoms with Crippen LogP contribution < -0.4 is 0 Å². The molecule has 1 aromatic heterocycles. The number of rotatable bonds is 4. The van der Waals surface area contributed by atoms with Crippen molar-refractivity contribution in [3.63, 3.8) is 0 Å². The highest BCUT2D eigenvalue weighted by Crippen LogP contribution is 2.31. The number of aliphatic hydroxyl groups excluding tert-OH is 1. The molecule has 94 valence electrons. The first-order valence-electron chi connectivity index (χ1n) is 5.49. The van der Waals surface area contributed by atoms with E-state index in [4.69, 9.17) is 9.84 Å². The quantitative estimate of drug-likeness (QED) is 0.782. The number of hydrogen-bond donors (Lipinski definition) is 2. The Morgan fingerprint density at radius 1 is 1.59 bits per heavy atom. The van der Waals surface area contributed by atoms with Gasteiger partial charge >= 0.3 is 5.97 Å². The normalized spacial score (nSPS) is 24.1. The summed E-state index contributed by atoms with van der Waals surface area (Å²) in [6, 6.07) is -0.194. The molecule has 0 spiro atoms. The first-order valence-corrected chi connectivity index (χ1v) is 5.49. The summed E-state index contributed by atoms with van der Waals surface area (Å²) in [7, 11) is 1.48. The average Bonchev–Trinajstić information content (AvgIpc) is 2.85. The Balaban J connectivity index is 2.36. The molecular weight excluding hydrogens is 226 g/mol. The average molecular weight is 241 g/mol. The van der Waals surface area contributed by atoms with E-state index in [0.29, 0.717) is 12.1 Å². The molecule has 2 rings (SSSR count). The summed E-state index contributed by atoms with van der Waals surface area (Å²) in [5.74, 6) is -1.13. The third-order valence-electron chi connectivity index (χ3n) is 3.03. The van der Waals surface area contributed by atoms with Gasteiger partial charge in [-0.25, -0.2) is 9.48 Å². The highest BCUT2D eigenvalue weighted by Gasteiger charge is 2.31. The van der Waals surface area contributed by atoms with E-state index < -0.39 is 12.1 Å². The predicted molar refractivity (Wildman–Crippen MR) is 56.6 cm³/mol. The van der Waals surface area contributed by atoms with Crippen molar-refractivity contribution < 1.29 is 19.7 Å². The van der Waals surface area contributed by atoms with Gasteiger partial charge in [-0.05, 0) is 19.3 Å². The van der Waals surface area contributed by atoms with Crippen molar-refractivity contribution in [1.82, 2.24) is 15.0 Å². The largest absolute Gasteiger partial charge is 0.476 e. The van der Waals surface area contributed by atoms with E-state index in [1.807, 2.05) is 0 Å². The molecule has 2 unspecified atom stereocenters. The summed E-state index contributed by atoms with van der Waals surface area (Å²) in [5.41, 5.74) is 0.303. The third-order valence-corrected chi connectivity index (χ3v) is 3.03. The van der Waals surface area contributed by atoms with Crippen molar-refractivity contribution in [3.05, 3.63) is 11.4 Å². The molecule has 0 bridgehead atoms. The zero-order chi connectivity index (χ0) is 12.4. The zero-order valence-corrected chi connectivity index (χ0v) is 9.54. The summed E-state index contributed by atoms with van der Waals surface area (Å²) in [6.45, 7) is 0.123. The molecule has 1 heterocycles. The zero-order valence-electron chi connectivity index (χ0n) is 9.54. The summed E-state index contributed by atoms with van der Waals surface area (Å²) in [4.78, 5) is 11.0. The van der Waals surface area contributed by atoms with E-state index in [-0.39, 0.29) is 18.3 Å². The van der Waals surface area contributed by atoms with Gasteiger partial charge in [-0.1, -0.05) is 5.21 Å². The molecule has 1 fully saturated rings. The van der Waals surface area contributed by atoms with Crippen LogP contribution in [0.3, 0.4) is 0 Å². The molecule has 17 heavy (non-hydrogen) atoms. The SMILES string of the molecule is COCc1c(C(=O)O)nnn1C1CCCC1O. The van der Waals surface area contributed by atoms with Crippen LogP contribution >= 0.6 is 0 Å². The van der Waals surface area contributed by atoms with Crippen LogP contribution in [0.2, 0.25) is 0 Å². The second kappa shape index (κ2) is 4.80. The lowest BCUT2D eigenvalue weighted by atomic mass is 10.2. The van der Waals surface area contributed by atoms with Crippen molar-refractivity contribution in [2.24, 2.45) is 0 Å². The minimum Gasteiger partial charge on any atom is -0.476 e. The lowest BCUT2D eigenvalue weighted by Gasteiger charge is -2.16. The maximum absolute atomic E-state index is 11.0. The summed E-state index contributed by atoms with van der Waals surface area (Å²) in [5, 5.41) is 26.3. The van der Waals surface area contributed by atoms with Gasteiger partial charge in [0.05, 0.1) is 24.4 Å². The minimum absolute atomic E-state index is 0.106. The molecule has 0 radical (unpaired) electrons. The minimum atomic E-state index is -1.13. The van der Waals surface area contributed by atoms with E-state index in [2.05, 4.69) is 10.3 Å². The van der Waals surface area contributed by atoms with Crippen LogP contribution in [-0.4, -0.2) is 44.4 Å². The Morgan fingerprint density at radius 3 is 2.88 bits per heavy atom. The maximum atomic E-state index is 11.0. The lowest BCUT2D eigenvalue weighted by Crippen LogP contribution is -2.22. The van der Waals surface area contributed by atoms with Crippen molar-refractivity contribution in [2.75, 3.05) is 7.11 Å². The standard InChI is InChI=1S/C10H15N3O4/c1-17-5-7-9(10(15)16)11-12-13(7)6-3-2-4-8(6)14/h6,8,14H,2-5H2,1H3,(H,15,16). The number of aromatic carboxylic acids is 1. The maximum Gasteiger partial charge on any atom is 0.358 e. The Labute approximate surface area is 98.0 Å². The highest BCUT2D eigenvalue weighted by atomic mass is 16.5.